The van der Waals surface area contributed by atoms with Crippen LogP contribution in [0.25, 0.3) is 11.4 Å². The van der Waals surface area contributed by atoms with Crippen LogP contribution in [-0.2, 0) is 0 Å². The van der Waals surface area contributed by atoms with Gasteiger partial charge in [0, 0.05) is 18.2 Å². The molecule has 0 saturated carbocycles. The minimum atomic E-state index is -0.317. The third-order valence-electron chi connectivity index (χ3n) is 4.15. The quantitative estimate of drug-likeness (QED) is 0.633. The van der Waals surface area contributed by atoms with Crippen LogP contribution in [0.3, 0.4) is 0 Å². The monoisotopic (exact) mass is 376 g/mol. The zero-order valence-electron chi connectivity index (χ0n) is 16.3. The van der Waals surface area contributed by atoms with E-state index in [0.717, 1.165) is 24.1 Å². The number of amides is 1. The Labute approximate surface area is 165 Å². The molecule has 0 aliphatic heterocycles. The molecule has 1 aromatic heterocycles. The van der Waals surface area contributed by atoms with Gasteiger partial charge in [-0.3, -0.25) is 4.79 Å². The summed E-state index contributed by atoms with van der Waals surface area (Å²) in [4.78, 5) is 22.0. The summed E-state index contributed by atoms with van der Waals surface area (Å²) in [6.45, 7) is 4.79. The predicted octanol–water partition coefficient (Wildman–Crippen LogP) is 4.53. The van der Waals surface area contributed by atoms with Crippen LogP contribution in [0.1, 0.15) is 29.4 Å². The normalized spacial score (nSPS) is 10.4. The van der Waals surface area contributed by atoms with Crippen molar-refractivity contribution in [3.63, 3.8) is 0 Å². The van der Waals surface area contributed by atoms with Crippen molar-refractivity contribution in [2.24, 2.45) is 0 Å². The maximum atomic E-state index is 12.9. The van der Waals surface area contributed by atoms with E-state index < -0.39 is 0 Å². The summed E-state index contributed by atoms with van der Waals surface area (Å²) in [7, 11) is 1.57. The number of benzene rings is 2. The molecule has 0 atom stereocenters. The van der Waals surface area contributed by atoms with E-state index in [0.29, 0.717) is 23.1 Å². The first-order valence-electron chi connectivity index (χ1n) is 9.25. The van der Waals surface area contributed by atoms with E-state index in [4.69, 9.17) is 4.74 Å². The molecule has 0 aliphatic rings. The summed E-state index contributed by atoms with van der Waals surface area (Å²) in [6, 6.07) is 16.9. The molecular formula is C22H24N4O2. The van der Waals surface area contributed by atoms with Crippen LogP contribution in [0.5, 0.6) is 5.75 Å². The highest BCUT2D eigenvalue weighted by Gasteiger charge is 2.15. The number of carbonyl (C=O) groups excluding carboxylic acids is 1. The third-order valence-corrected chi connectivity index (χ3v) is 4.15. The predicted molar refractivity (Wildman–Crippen MR) is 112 cm³/mol. The van der Waals surface area contributed by atoms with Crippen LogP contribution in [0.2, 0.25) is 0 Å². The minimum absolute atomic E-state index is 0.288. The molecule has 0 saturated heterocycles. The number of nitrogens with zero attached hydrogens (tertiary/aromatic N) is 2. The van der Waals surface area contributed by atoms with Crippen molar-refractivity contribution in [2.75, 3.05) is 24.3 Å². The molecule has 0 fully saturated rings. The van der Waals surface area contributed by atoms with Gasteiger partial charge in [0.15, 0.2) is 5.82 Å². The summed E-state index contributed by atoms with van der Waals surface area (Å²) in [5.41, 5.74) is 2.77. The molecule has 6 nitrogen and oxygen atoms in total. The molecule has 144 valence electrons. The number of carbonyl (C=O) groups is 1. The van der Waals surface area contributed by atoms with Crippen LogP contribution >= 0.6 is 0 Å². The lowest BCUT2D eigenvalue weighted by molar-refractivity contribution is 0.102. The number of anilines is 2. The second-order valence-electron chi connectivity index (χ2n) is 6.41. The fourth-order valence-corrected chi connectivity index (χ4v) is 2.73. The number of hydrogen-bond acceptors (Lipinski definition) is 5. The van der Waals surface area contributed by atoms with E-state index >= 15 is 0 Å². The minimum Gasteiger partial charge on any atom is -0.495 e. The summed E-state index contributed by atoms with van der Waals surface area (Å²) in [6.07, 6.45) is 0.951. The maximum Gasteiger partial charge on any atom is 0.274 e. The average molecular weight is 376 g/mol. The van der Waals surface area contributed by atoms with Gasteiger partial charge in [0.25, 0.3) is 5.91 Å². The van der Waals surface area contributed by atoms with Crippen LogP contribution in [-0.4, -0.2) is 29.5 Å². The van der Waals surface area contributed by atoms with E-state index in [9.17, 15) is 4.79 Å². The van der Waals surface area contributed by atoms with E-state index in [1.54, 1.807) is 13.2 Å². The van der Waals surface area contributed by atoms with Crippen molar-refractivity contribution in [3.05, 3.63) is 65.9 Å². The lowest BCUT2D eigenvalue weighted by atomic mass is 10.2. The first-order chi connectivity index (χ1) is 13.6. The Bertz CT molecular complexity index is 958. The highest BCUT2D eigenvalue weighted by molar-refractivity contribution is 6.04. The Morgan fingerprint density at radius 1 is 1.07 bits per heavy atom. The Kier molecular flexibility index (Phi) is 6.22. The molecule has 3 rings (SSSR count). The summed E-state index contributed by atoms with van der Waals surface area (Å²) < 4.78 is 5.35. The van der Waals surface area contributed by atoms with Gasteiger partial charge in [-0.2, -0.15) is 0 Å². The molecule has 3 aromatic rings. The lowest BCUT2D eigenvalue weighted by Gasteiger charge is -2.12. The van der Waals surface area contributed by atoms with Gasteiger partial charge in [-0.1, -0.05) is 43.3 Å². The van der Waals surface area contributed by atoms with Crippen molar-refractivity contribution in [1.82, 2.24) is 9.97 Å². The average Bonchev–Trinajstić information content (AvgIpc) is 2.73. The first kappa shape index (κ1) is 19.4. The van der Waals surface area contributed by atoms with Crippen LogP contribution in [0, 0.1) is 6.92 Å². The van der Waals surface area contributed by atoms with E-state index in [1.165, 1.54) is 0 Å². The van der Waals surface area contributed by atoms with Crippen LogP contribution < -0.4 is 15.4 Å². The van der Waals surface area contributed by atoms with Crippen LogP contribution in [0.4, 0.5) is 11.5 Å². The molecule has 28 heavy (non-hydrogen) atoms. The summed E-state index contributed by atoms with van der Waals surface area (Å²) in [5.74, 6) is 1.41. The molecule has 0 aliphatic carbocycles. The zero-order valence-corrected chi connectivity index (χ0v) is 16.3. The van der Waals surface area contributed by atoms with Crippen molar-refractivity contribution in [3.8, 4) is 17.1 Å². The van der Waals surface area contributed by atoms with Gasteiger partial charge in [0.2, 0.25) is 0 Å². The van der Waals surface area contributed by atoms with Gasteiger partial charge in [-0.25, -0.2) is 9.97 Å². The molecule has 1 amide bonds. The number of aryl methyl sites for hydroxylation is 1. The zero-order chi connectivity index (χ0) is 19.9. The van der Waals surface area contributed by atoms with Crippen molar-refractivity contribution in [1.29, 1.82) is 0 Å². The van der Waals surface area contributed by atoms with E-state index in [-0.39, 0.29) is 11.6 Å². The summed E-state index contributed by atoms with van der Waals surface area (Å²) >= 11 is 0. The fraction of sp³-hybridized carbons (Fsp3) is 0.227. The van der Waals surface area contributed by atoms with Crippen LogP contribution in [0.15, 0.2) is 54.6 Å². The highest BCUT2D eigenvalue weighted by Crippen LogP contribution is 2.26. The molecule has 0 radical (unpaired) electrons. The molecule has 0 unspecified atom stereocenters. The Balaban J connectivity index is 1.95. The Hall–Kier alpha value is -3.41. The van der Waals surface area contributed by atoms with Gasteiger partial charge in [-0.05, 0) is 31.0 Å². The number of rotatable bonds is 7. The maximum absolute atomic E-state index is 12.9. The Morgan fingerprint density at radius 2 is 1.86 bits per heavy atom. The lowest BCUT2D eigenvalue weighted by Crippen LogP contribution is -2.16. The van der Waals surface area contributed by atoms with Crippen molar-refractivity contribution in [2.45, 2.75) is 20.3 Å². The molecule has 0 spiro atoms. The number of methoxy groups -OCH3 is 1. The number of nitrogens with one attached hydrogen (secondary N) is 2. The molecule has 6 heteroatoms. The number of ether oxygens (including phenoxy) is 1. The van der Waals surface area contributed by atoms with Crippen molar-refractivity contribution < 1.29 is 9.53 Å². The SMILES string of the molecule is CCCNc1cc(C(=O)Nc2cc(C)ccc2OC)nc(-c2ccccc2)n1. The second-order valence-corrected chi connectivity index (χ2v) is 6.41. The molecular weight excluding hydrogens is 352 g/mol. The molecule has 1 heterocycles. The highest BCUT2D eigenvalue weighted by atomic mass is 16.5. The number of hydrogen-bond donors (Lipinski definition) is 2. The van der Waals surface area contributed by atoms with Gasteiger partial charge in [0.1, 0.15) is 17.3 Å². The van der Waals surface area contributed by atoms with Crippen molar-refractivity contribution >= 4 is 17.4 Å². The van der Waals surface area contributed by atoms with E-state index in [2.05, 4.69) is 27.5 Å². The van der Waals surface area contributed by atoms with Gasteiger partial charge < -0.3 is 15.4 Å². The molecule has 2 N–H and O–H groups in total. The molecule has 0 bridgehead atoms. The van der Waals surface area contributed by atoms with Gasteiger partial charge >= 0.3 is 0 Å². The Morgan fingerprint density at radius 3 is 2.57 bits per heavy atom. The van der Waals surface area contributed by atoms with Gasteiger partial charge in [0.05, 0.1) is 12.8 Å². The topological polar surface area (TPSA) is 76.1 Å². The summed E-state index contributed by atoms with van der Waals surface area (Å²) in [5, 5.41) is 6.14. The van der Waals surface area contributed by atoms with E-state index in [1.807, 2.05) is 55.5 Å². The van der Waals surface area contributed by atoms with Gasteiger partial charge in [-0.15, -0.1) is 0 Å². The fourth-order valence-electron chi connectivity index (χ4n) is 2.73. The molecule has 2 aromatic carbocycles. The second kappa shape index (κ2) is 8.99. The standard InChI is InChI=1S/C22H24N4O2/c1-4-12-23-20-14-18(24-21(26-20)16-8-6-5-7-9-16)22(27)25-17-13-15(2)10-11-19(17)28-3/h5-11,13-14H,4,12H2,1-3H3,(H,25,27)(H,23,24,26). The third kappa shape index (κ3) is 4.65. The number of aromatic nitrogens is 2. The smallest absolute Gasteiger partial charge is 0.274 e. The largest absolute Gasteiger partial charge is 0.495 e. The first-order valence-corrected chi connectivity index (χ1v) is 9.25.